The summed E-state index contributed by atoms with van der Waals surface area (Å²) in [7, 11) is 0. The van der Waals surface area contributed by atoms with Gasteiger partial charge in [-0.2, -0.15) is 0 Å². The maximum absolute atomic E-state index is 12.2. The van der Waals surface area contributed by atoms with Gasteiger partial charge in [0, 0.05) is 18.6 Å². The van der Waals surface area contributed by atoms with Gasteiger partial charge in [0.15, 0.2) is 0 Å². The summed E-state index contributed by atoms with van der Waals surface area (Å²) in [4.78, 5) is 19.1. The molecular formula is C18H27N3O. The molecule has 1 atom stereocenters. The Morgan fingerprint density at radius 2 is 2.00 bits per heavy atom. The van der Waals surface area contributed by atoms with Crippen LogP contribution < -0.4 is 10.2 Å². The number of amides is 1. The number of hydrogen-bond acceptors (Lipinski definition) is 3. The maximum Gasteiger partial charge on any atom is 0.270 e. The van der Waals surface area contributed by atoms with Crippen LogP contribution in [0.2, 0.25) is 0 Å². The summed E-state index contributed by atoms with van der Waals surface area (Å²) in [5.41, 5.74) is 1.70. The average Bonchev–Trinajstić information content (AvgIpc) is 3.08. The molecular weight excluding hydrogens is 274 g/mol. The van der Waals surface area contributed by atoms with Crippen LogP contribution in [0.3, 0.4) is 0 Å². The Labute approximate surface area is 133 Å². The molecule has 2 heterocycles. The summed E-state index contributed by atoms with van der Waals surface area (Å²) in [6, 6.07) is 4.90. The molecule has 4 nitrogen and oxygen atoms in total. The fraction of sp³-hybridized carbons (Fsp3) is 0.667. The Kier molecular flexibility index (Phi) is 4.96. The second kappa shape index (κ2) is 7.12. The van der Waals surface area contributed by atoms with Crippen LogP contribution in [-0.2, 0) is 0 Å². The van der Waals surface area contributed by atoms with E-state index in [0.29, 0.717) is 17.8 Å². The summed E-state index contributed by atoms with van der Waals surface area (Å²) in [5.74, 6) is -0.0239. The van der Waals surface area contributed by atoms with Gasteiger partial charge in [0.1, 0.15) is 5.69 Å². The normalized spacial score (nSPS) is 22.8. The van der Waals surface area contributed by atoms with Crippen molar-refractivity contribution in [3.63, 3.8) is 0 Å². The highest BCUT2D eigenvalue weighted by atomic mass is 16.1. The van der Waals surface area contributed by atoms with Crippen molar-refractivity contribution in [2.45, 2.75) is 70.4 Å². The van der Waals surface area contributed by atoms with Crippen molar-refractivity contribution in [2.75, 3.05) is 11.4 Å². The van der Waals surface area contributed by atoms with Gasteiger partial charge in [0.25, 0.3) is 5.91 Å². The first-order chi connectivity index (χ1) is 10.8. The third-order valence-electron chi connectivity index (χ3n) is 5.10. The van der Waals surface area contributed by atoms with Gasteiger partial charge in [0.2, 0.25) is 0 Å². The number of carbonyl (C=O) groups excluding carboxylic acids is 1. The second-order valence-electron chi connectivity index (χ2n) is 6.61. The van der Waals surface area contributed by atoms with E-state index in [2.05, 4.69) is 28.2 Å². The van der Waals surface area contributed by atoms with Crippen molar-refractivity contribution < 1.29 is 4.79 Å². The van der Waals surface area contributed by atoms with Crippen molar-refractivity contribution in [2.24, 2.45) is 0 Å². The minimum absolute atomic E-state index is 0.0239. The van der Waals surface area contributed by atoms with Crippen LogP contribution in [0, 0.1) is 0 Å². The molecule has 1 aromatic rings. The molecule has 0 bridgehead atoms. The molecule has 2 aliphatic rings. The van der Waals surface area contributed by atoms with Crippen molar-refractivity contribution in [1.82, 2.24) is 10.3 Å². The lowest BCUT2D eigenvalue weighted by atomic mass is 9.99. The van der Waals surface area contributed by atoms with E-state index < -0.39 is 0 Å². The predicted octanol–water partition coefficient (Wildman–Crippen LogP) is 3.52. The summed E-state index contributed by atoms with van der Waals surface area (Å²) in [5, 5.41) is 3.10. The van der Waals surface area contributed by atoms with E-state index >= 15 is 0 Å². The molecule has 0 aromatic carbocycles. The van der Waals surface area contributed by atoms with Crippen LogP contribution >= 0.6 is 0 Å². The molecule has 1 saturated heterocycles. The lowest BCUT2D eigenvalue weighted by Gasteiger charge is -2.37. The number of nitrogens with zero attached hydrogens (tertiary/aromatic N) is 2. The number of carbonyl (C=O) groups is 1. The molecule has 1 N–H and O–H groups in total. The van der Waals surface area contributed by atoms with Gasteiger partial charge < -0.3 is 10.2 Å². The van der Waals surface area contributed by atoms with Gasteiger partial charge in [-0.1, -0.05) is 19.8 Å². The van der Waals surface area contributed by atoms with Crippen LogP contribution in [0.1, 0.15) is 68.8 Å². The summed E-state index contributed by atoms with van der Waals surface area (Å²) in [6.45, 7) is 3.35. The fourth-order valence-corrected chi connectivity index (χ4v) is 3.78. The second-order valence-corrected chi connectivity index (χ2v) is 6.61. The number of pyridine rings is 1. The average molecular weight is 301 g/mol. The molecule has 120 valence electrons. The molecule has 4 heteroatoms. The molecule has 1 amide bonds. The van der Waals surface area contributed by atoms with Gasteiger partial charge in [-0.25, -0.2) is 4.98 Å². The molecule has 1 unspecified atom stereocenters. The summed E-state index contributed by atoms with van der Waals surface area (Å²) < 4.78 is 0. The first-order valence-electron chi connectivity index (χ1n) is 8.81. The third-order valence-corrected chi connectivity index (χ3v) is 5.10. The highest BCUT2D eigenvalue weighted by Crippen LogP contribution is 2.26. The van der Waals surface area contributed by atoms with Crippen LogP contribution in [0.15, 0.2) is 18.3 Å². The van der Waals surface area contributed by atoms with Crippen LogP contribution in [0.25, 0.3) is 0 Å². The third kappa shape index (κ3) is 3.42. The lowest BCUT2D eigenvalue weighted by molar-refractivity contribution is 0.0933. The summed E-state index contributed by atoms with van der Waals surface area (Å²) >= 11 is 0. The zero-order chi connectivity index (χ0) is 15.4. The van der Waals surface area contributed by atoms with Gasteiger partial charge in [-0.15, -0.1) is 0 Å². The minimum atomic E-state index is -0.0239. The van der Waals surface area contributed by atoms with Gasteiger partial charge in [0.05, 0.1) is 11.9 Å². The molecule has 1 aliphatic carbocycles. The number of nitrogens with one attached hydrogen (secondary N) is 1. The van der Waals surface area contributed by atoms with E-state index in [0.717, 1.165) is 25.1 Å². The Hall–Kier alpha value is -1.58. The van der Waals surface area contributed by atoms with E-state index in [4.69, 9.17) is 0 Å². The topological polar surface area (TPSA) is 45.2 Å². The molecule has 1 aliphatic heterocycles. The maximum atomic E-state index is 12.2. The van der Waals surface area contributed by atoms with Crippen molar-refractivity contribution in [3.05, 3.63) is 24.0 Å². The van der Waals surface area contributed by atoms with Gasteiger partial charge in [-0.05, 0) is 50.7 Å². The Balaban J connectivity index is 1.65. The Morgan fingerprint density at radius 3 is 2.68 bits per heavy atom. The molecule has 1 saturated carbocycles. The number of rotatable bonds is 4. The van der Waals surface area contributed by atoms with Crippen molar-refractivity contribution in [1.29, 1.82) is 0 Å². The SMILES string of the molecule is CCC1CCCCN1c1ccc(C(=O)NC2CCCC2)nc1. The Morgan fingerprint density at radius 1 is 1.23 bits per heavy atom. The van der Waals surface area contributed by atoms with Crippen LogP contribution in [0.4, 0.5) is 5.69 Å². The van der Waals surface area contributed by atoms with E-state index in [9.17, 15) is 4.79 Å². The standard InChI is InChI=1S/C18H27N3O/c1-2-15-9-5-6-12-21(15)16-10-11-17(19-13-16)18(22)20-14-7-3-4-8-14/h10-11,13-15H,2-9,12H2,1H3,(H,20,22). The van der Waals surface area contributed by atoms with E-state index in [-0.39, 0.29) is 5.91 Å². The highest BCUT2D eigenvalue weighted by molar-refractivity contribution is 5.92. The van der Waals surface area contributed by atoms with Crippen molar-refractivity contribution in [3.8, 4) is 0 Å². The van der Waals surface area contributed by atoms with E-state index in [1.165, 1.54) is 38.5 Å². The van der Waals surface area contributed by atoms with Crippen LogP contribution in [-0.4, -0.2) is 29.5 Å². The monoisotopic (exact) mass is 301 g/mol. The molecule has 0 radical (unpaired) electrons. The Bertz CT molecular complexity index is 494. The van der Waals surface area contributed by atoms with Gasteiger partial charge >= 0.3 is 0 Å². The van der Waals surface area contributed by atoms with Gasteiger partial charge in [-0.3, -0.25) is 4.79 Å². The largest absolute Gasteiger partial charge is 0.367 e. The summed E-state index contributed by atoms with van der Waals surface area (Å²) in [6.07, 6.45) is 11.5. The zero-order valence-corrected chi connectivity index (χ0v) is 13.6. The molecule has 1 aromatic heterocycles. The lowest BCUT2D eigenvalue weighted by Crippen LogP contribution is -2.39. The first-order valence-corrected chi connectivity index (χ1v) is 8.81. The van der Waals surface area contributed by atoms with Crippen molar-refractivity contribution >= 4 is 11.6 Å². The predicted molar refractivity (Wildman–Crippen MR) is 89.2 cm³/mol. The quantitative estimate of drug-likeness (QED) is 0.925. The first kappa shape index (κ1) is 15.3. The molecule has 22 heavy (non-hydrogen) atoms. The molecule has 0 spiro atoms. The number of aromatic nitrogens is 1. The highest BCUT2D eigenvalue weighted by Gasteiger charge is 2.22. The number of hydrogen-bond donors (Lipinski definition) is 1. The molecule has 2 fully saturated rings. The van der Waals surface area contributed by atoms with Crippen LogP contribution in [0.5, 0.6) is 0 Å². The van der Waals surface area contributed by atoms with E-state index in [1.54, 1.807) is 0 Å². The fourth-order valence-electron chi connectivity index (χ4n) is 3.78. The number of anilines is 1. The smallest absolute Gasteiger partial charge is 0.270 e. The van der Waals surface area contributed by atoms with E-state index in [1.807, 2.05) is 12.3 Å². The minimum Gasteiger partial charge on any atom is -0.367 e. The number of piperidine rings is 1. The molecule has 3 rings (SSSR count). The zero-order valence-electron chi connectivity index (χ0n) is 13.6.